The molecule has 0 aromatic heterocycles. The molecule has 11 heavy (non-hydrogen) atoms. The molecule has 0 nitrogen and oxygen atoms in total. The van der Waals surface area contributed by atoms with E-state index in [9.17, 15) is 0 Å². The van der Waals surface area contributed by atoms with Crippen LogP contribution in [0.2, 0.25) is 0 Å². The van der Waals surface area contributed by atoms with Gasteiger partial charge in [0.25, 0.3) is 0 Å². The smallest absolute Gasteiger partial charge is 0.0735 e. The molecule has 0 aromatic carbocycles. The van der Waals surface area contributed by atoms with Crippen LogP contribution in [-0.2, 0) is 18.6 Å². The largest absolute Gasteiger partial charge is 5.00 e. The SMILES string of the molecule is CC1=C2CC(CC1)C2(C)C.[V+5]. The van der Waals surface area contributed by atoms with Gasteiger partial charge in [0.1, 0.15) is 0 Å². The molecular formula is C10H16V+5. The molecule has 1 saturated carbocycles. The summed E-state index contributed by atoms with van der Waals surface area (Å²) in [5.74, 6) is 1.02. The minimum atomic E-state index is 0. The van der Waals surface area contributed by atoms with Gasteiger partial charge in [-0.05, 0) is 37.5 Å². The molecule has 0 N–H and O–H groups in total. The molecular weight excluding hydrogens is 171 g/mol. The summed E-state index contributed by atoms with van der Waals surface area (Å²) >= 11 is 0. The van der Waals surface area contributed by atoms with Crippen LogP contribution in [0.3, 0.4) is 0 Å². The Labute approximate surface area is 81.3 Å². The van der Waals surface area contributed by atoms with Gasteiger partial charge in [-0.15, -0.1) is 0 Å². The van der Waals surface area contributed by atoms with Crippen molar-refractivity contribution in [1.29, 1.82) is 0 Å². The Kier molecular flexibility index (Phi) is 2.29. The standard InChI is InChI=1S/C10H16.V/c1-7-4-5-8-6-9(7)10(8,2)3;/h8H,4-6H2,1-3H3;/q;+5. The second-order valence-corrected chi connectivity index (χ2v) is 4.42. The molecule has 1 atom stereocenters. The van der Waals surface area contributed by atoms with E-state index in [2.05, 4.69) is 20.8 Å². The topological polar surface area (TPSA) is 0 Å². The minimum absolute atomic E-state index is 0. The van der Waals surface area contributed by atoms with E-state index in [1.165, 1.54) is 19.3 Å². The van der Waals surface area contributed by atoms with Gasteiger partial charge in [0.05, 0.1) is 0 Å². The third-order valence-electron chi connectivity index (χ3n) is 3.63. The van der Waals surface area contributed by atoms with Crippen LogP contribution in [0.4, 0.5) is 0 Å². The van der Waals surface area contributed by atoms with Crippen LogP contribution in [0.15, 0.2) is 11.1 Å². The Morgan fingerprint density at radius 2 is 2.00 bits per heavy atom. The summed E-state index contributed by atoms with van der Waals surface area (Å²) in [6.45, 7) is 7.12. The van der Waals surface area contributed by atoms with E-state index in [1.807, 2.05) is 0 Å². The molecule has 0 aromatic rings. The van der Waals surface area contributed by atoms with Crippen molar-refractivity contribution >= 4 is 0 Å². The molecule has 1 fully saturated rings. The molecule has 0 radical (unpaired) electrons. The maximum Gasteiger partial charge on any atom is 5.00 e. The van der Waals surface area contributed by atoms with Crippen LogP contribution >= 0.6 is 0 Å². The third kappa shape index (κ3) is 1.12. The van der Waals surface area contributed by atoms with Crippen molar-refractivity contribution in [2.45, 2.75) is 40.0 Å². The minimum Gasteiger partial charge on any atom is -0.0735 e. The van der Waals surface area contributed by atoms with Crippen LogP contribution in [0.25, 0.3) is 0 Å². The number of hydrogen-bond donors (Lipinski definition) is 0. The molecule has 2 bridgehead atoms. The number of fused-ring (bicyclic) bond motifs is 2. The van der Waals surface area contributed by atoms with Crippen molar-refractivity contribution in [1.82, 2.24) is 0 Å². The van der Waals surface area contributed by atoms with E-state index >= 15 is 0 Å². The predicted octanol–water partition coefficient (Wildman–Crippen LogP) is 3.14. The summed E-state index contributed by atoms with van der Waals surface area (Å²) in [6, 6.07) is 0. The van der Waals surface area contributed by atoms with Gasteiger partial charge in [-0.3, -0.25) is 0 Å². The first kappa shape index (κ1) is 9.41. The molecule has 0 amide bonds. The molecule has 0 aliphatic heterocycles. The van der Waals surface area contributed by atoms with E-state index in [-0.39, 0.29) is 18.6 Å². The third-order valence-corrected chi connectivity index (χ3v) is 3.63. The van der Waals surface area contributed by atoms with Crippen LogP contribution in [0, 0.1) is 11.3 Å². The Morgan fingerprint density at radius 1 is 1.36 bits per heavy atom. The summed E-state index contributed by atoms with van der Waals surface area (Å²) in [5.41, 5.74) is 4.04. The van der Waals surface area contributed by atoms with E-state index < -0.39 is 0 Å². The quantitative estimate of drug-likeness (QED) is 0.511. The maximum atomic E-state index is 2.40. The zero-order valence-corrected chi connectivity index (χ0v) is 9.04. The predicted molar refractivity (Wildman–Crippen MR) is 43.8 cm³/mol. The molecule has 1 heteroatoms. The molecule has 0 heterocycles. The van der Waals surface area contributed by atoms with Gasteiger partial charge in [0.2, 0.25) is 0 Å². The number of rotatable bonds is 0. The van der Waals surface area contributed by atoms with Crippen molar-refractivity contribution in [3.05, 3.63) is 11.1 Å². The first-order chi connectivity index (χ1) is 4.62. The van der Waals surface area contributed by atoms with Crippen molar-refractivity contribution < 1.29 is 18.6 Å². The van der Waals surface area contributed by atoms with Crippen LogP contribution in [0.1, 0.15) is 40.0 Å². The van der Waals surface area contributed by atoms with Crippen molar-refractivity contribution in [2.24, 2.45) is 11.3 Å². The van der Waals surface area contributed by atoms with Gasteiger partial charge in [-0.2, -0.15) is 0 Å². The zero-order chi connectivity index (χ0) is 7.35. The summed E-state index contributed by atoms with van der Waals surface area (Å²) in [4.78, 5) is 0. The number of hydrogen-bond acceptors (Lipinski definition) is 0. The van der Waals surface area contributed by atoms with Gasteiger partial charge >= 0.3 is 18.6 Å². The van der Waals surface area contributed by atoms with E-state index in [1.54, 1.807) is 11.1 Å². The summed E-state index contributed by atoms with van der Waals surface area (Å²) in [5, 5.41) is 0. The fourth-order valence-corrected chi connectivity index (χ4v) is 2.61. The Morgan fingerprint density at radius 3 is 2.27 bits per heavy atom. The zero-order valence-electron chi connectivity index (χ0n) is 7.65. The van der Waals surface area contributed by atoms with Crippen LogP contribution < -0.4 is 0 Å². The maximum absolute atomic E-state index is 2.40. The van der Waals surface area contributed by atoms with Gasteiger partial charge in [0.15, 0.2) is 0 Å². The molecule has 0 spiro atoms. The molecule has 1 unspecified atom stereocenters. The number of allylic oxidation sites excluding steroid dienone is 2. The van der Waals surface area contributed by atoms with Gasteiger partial charge in [-0.25, -0.2) is 0 Å². The average Bonchev–Trinajstić information content (AvgIpc) is 1.87. The Hall–Kier alpha value is 0.324. The average molecular weight is 187 g/mol. The van der Waals surface area contributed by atoms with E-state index in [0.717, 1.165) is 5.92 Å². The summed E-state index contributed by atoms with van der Waals surface area (Å²) in [6.07, 6.45) is 4.24. The van der Waals surface area contributed by atoms with Crippen LogP contribution in [-0.4, -0.2) is 0 Å². The van der Waals surface area contributed by atoms with Gasteiger partial charge in [-0.1, -0.05) is 25.0 Å². The Balaban J connectivity index is 0.000000605. The normalized spacial score (nSPS) is 32.5. The van der Waals surface area contributed by atoms with E-state index in [4.69, 9.17) is 0 Å². The van der Waals surface area contributed by atoms with E-state index in [0.29, 0.717) is 5.41 Å². The Bertz CT molecular complexity index is 201. The van der Waals surface area contributed by atoms with Gasteiger partial charge in [0, 0.05) is 0 Å². The monoisotopic (exact) mass is 187 g/mol. The van der Waals surface area contributed by atoms with Crippen molar-refractivity contribution in [2.75, 3.05) is 0 Å². The first-order valence-electron chi connectivity index (χ1n) is 4.31. The summed E-state index contributed by atoms with van der Waals surface area (Å²) in [7, 11) is 0. The second kappa shape index (κ2) is 2.67. The summed E-state index contributed by atoms with van der Waals surface area (Å²) < 4.78 is 0. The molecule has 3 aliphatic carbocycles. The fourth-order valence-electron chi connectivity index (χ4n) is 2.61. The van der Waals surface area contributed by atoms with Crippen molar-refractivity contribution in [3.63, 3.8) is 0 Å². The van der Waals surface area contributed by atoms with Gasteiger partial charge < -0.3 is 0 Å². The van der Waals surface area contributed by atoms with Crippen molar-refractivity contribution in [3.8, 4) is 0 Å². The van der Waals surface area contributed by atoms with Crippen LogP contribution in [0.5, 0.6) is 0 Å². The first-order valence-corrected chi connectivity index (χ1v) is 4.31. The molecule has 3 aliphatic rings. The molecule has 56 valence electrons. The fraction of sp³-hybridized carbons (Fsp3) is 0.800. The second-order valence-electron chi connectivity index (χ2n) is 4.42. The molecule has 3 rings (SSSR count). The molecule has 0 saturated heterocycles.